The molecule has 144 valence electrons. The Labute approximate surface area is 165 Å². The van der Waals surface area contributed by atoms with Crippen LogP contribution in [0.15, 0.2) is 60.7 Å². The Morgan fingerprint density at radius 1 is 1.00 bits per heavy atom. The number of carbonyl (C=O) groups excluding carboxylic acids is 1. The second-order valence-electron chi connectivity index (χ2n) is 6.88. The lowest BCUT2D eigenvalue weighted by Crippen LogP contribution is -2.32. The van der Waals surface area contributed by atoms with Crippen LogP contribution in [0.3, 0.4) is 0 Å². The number of benzene rings is 2. The average molecular weight is 375 g/mol. The van der Waals surface area contributed by atoms with Crippen LogP contribution in [0.5, 0.6) is 0 Å². The topological polar surface area (TPSA) is 70.2 Å². The first-order valence-corrected chi connectivity index (χ1v) is 9.22. The molecule has 0 saturated heterocycles. The van der Waals surface area contributed by atoms with E-state index in [0.29, 0.717) is 23.9 Å². The van der Waals surface area contributed by atoms with E-state index in [-0.39, 0.29) is 5.91 Å². The van der Waals surface area contributed by atoms with Gasteiger partial charge in [0.1, 0.15) is 11.5 Å². The first-order chi connectivity index (χ1) is 13.5. The fourth-order valence-corrected chi connectivity index (χ4v) is 2.61. The molecule has 0 fully saturated rings. The molecule has 6 nitrogen and oxygen atoms in total. The minimum absolute atomic E-state index is 0.214. The zero-order chi connectivity index (χ0) is 19.9. The fraction of sp³-hybridized carbons (Fsp3) is 0.227. The lowest BCUT2D eigenvalue weighted by molar-refractivity contribution is 0.0946. The van der Waals surface area contributed by atoms with Gasteiger partial charge >= 0.3 is 0 Å². The Morgan fingerprint density at radius 2 is 1.71 bits per heavy atom. The summed E-state index contributed by atoms with van der Waals surface area (Å²) in [5.74, 6) is 0.874. The number of hydrogen-bond acceptors (Lipinski definition) is 5. The molecule has 0 atom stereocenters. The van der Waals surface area contributed by atoms with E-state index in [1.165, 1.54) is 5.56 Å². The molecule has 1 aromatic heterocycles. The minimum atomic E-state index is -0.214. The molecule has 1 amide bonds. The quantitative estimate of drug-likeness (QED) is 0.662. The van der Waals surface area contributed by atoms with Gasteiger partial charge in [-0.25, -0.2) is 9.97 Å². The largest absolute Gasteiger partial charge is 0.349 e. The maximum absolute atomic E-state index is 12.6. The molecule has 0 unspecified atom stereocenters. The zero-order valence-corrected chi connectivity index (χ0v) is 16.4. The normalized spacial score (nSPS) is 10.7. The Bertz CT molecular complexity index is 923. The summed E-state index contributed by atoms with van der Waals surface area (Å²) in [6.45, 7) is 3.35. The molecule has 0 bridgehead atoms. The molecular formula is C22H25N5O. The van der Waals surface area contributed by atoms with Gasteiger partial charge in [0, 0.05) is 30.4 Å². The van der Waals surface area contributed by atoms with Crippen LogP contribution in [0.1, 0.15) is 16.1 Å². The maximum atomic E-state index is 12.6. The molecule has 0 aliphatic carbocycles. The number of aromatic nitrogens is 2. The summed E-state index contributed by atoms with van der Waals surface area (Å²) < 4.78 is 0. The van der Waals surface area contributed by atoms with E-state index in [2.05, 4.69) is 20.6 Å². The Hall–Kier alpha value is -3.25. The van der Waals surface area contributed by atoms with Crippen LogP contribution >= 0.6 is 0 Å². The molecule has 3 aromatic rings. The van der Waals surface area contributed by atoms with Crippen molar-refractivity contribution in [2.45, 2.75) is 6.92 Å². The van der Waals surface area contributed by atoms with E-state index in [1.54, 1.807) is 6.07 Å². The van der Waals surface area contributed by atoms with E-state index >= 15 is 0 Å². The van der Waals surface area contributed by atoms with Crippen molar-refractivity contribution in [2.75, 3.05) is 32.5 Å². The van der Waals surface area contributed by atoms with Crippen molar-refractivity contribution < 1.29 is 4.79 Å². The van der Waals surface area contributed by atoms with E-state index in [1.807, 2.05) is 80.5 Å². The number of amides is 1. The number of aryl methyl sites for hydroxylation is 1. The number of hydrogen-bond donors (Lipinski definition) is 2. The number of likely N-dealkylation sites (N-methyl/N-ethyl adjacent to an activating group) is 1. The summed E-state index contributed by atoms with van der Waals surface area (Å²) in [4.78, 5) is 23.7. The fourth-order valence-electron chi connectivity index (χ4n) is 2.61. The standard InChI is InChI=1S/C22H25N5O/c1-16-9-11-18(12-10-16)24-20-15-19(22(28)23-13-14-27(2)3)25-21(26-20)17-7-5-4-6-8-17/h4-12,15H,13-14H2,1-3H3,(H,23,28)(H,24,25,26). The molecule has 28 heavy (non-hydrogen) atoms. The highest BCUT2D eigenvalue weighted by Crippen LogP contribution is 2.21. The van der Waals surface area contributed by atoms with Crippen molar-refractivity contribution in [3.05, 3.63) is 71.9 Å². The van der Waals surface area contributed by atoms with Crippen molar-refractivity contribution in [2.24, 2.45) is 0 Å². The highest BCUT2D eigenvalue weighted by molar-refractivity contribution is 5.93. The van der Waals surface area contributed by atoms with Gasteiger partial charge < -0.3 is 15.5 Å². The van der Waals surface area contributed by atoms with E-state index in [0.717, 1.165) is 17.8 Å². The summed E-state index contributed by atoms with van der Waals surface area (Å²) in [5, 5.41) is 6.18. The monoisotopic (exact) mass is 375 g/mol. The number of rotatable bonds is 7. The molecule has 0 saturated carbocycles. The highest BCUT2D eigenvalue weighted by Gasteiger charge is 2.13. The van der Waals surface area contributed by atoms with Gasteiger partial charge in [0.15, 0.2) is 5.82 Å². The van der Waals surface area contributed by atoms with Crippen LogP contribution in [-0.4, -0.2) is 48.0 Å². The van der Waals surface area contributed by atoms with Gasteiger partial charge in [-0.1, -0.05) is 48.0 Å². The summed E-state index contributed by atoms with van der Waals surface area (Å²) in [6, 6.07) is 19.3. The molecular weight excluding hydrogens is 350 g/mol. The van der Waals surface area contributed by atoms with E-state index in [9.17, 15) is 4.79 Å². The van der Waals surface area contributed by atoms with Crippen LogP contribution in [-0.2, 0) is 0 Å². The van der Waals surface area contributed by atoms with Crippen LogP contribution in [0, 0.1) is 6.92 Å². The van der Waals surface area contributed by atoms with Gasteiger partial charge in [-0.05, 0) is 33.2 Å². The summed E-state index contributed by atoms with van der Waals surface area (Å²) in [5.41, 5.74) is 3.28. The second kappa shape index (κ2) is 9.10. The molecule has 0 aliphatic rings. The van der Waals surface area contributed by atoms with Crippen LogP contribution in [0.25, 0.3) is 11.4 Å². The van der Waals surface area contributed by atoms with Gasteiger partial charge in [-0.2, -0.15) is 0 Å². The minimum Gasteiger partial charge on any atom is -0.349 e. The first-order valence-electron chi connectivity index (χ1n) is 9.22. The first kappa shape index (κ1) is 19.5. The van der Waals surface area contributed by atoms with Crippen molar-refractivity contribution in [1.82, 2.24) is 20.2 Å². The summed E-state index contributed by atoms with van der Waals surface area (Å²) in [6.07, 6.45) is 0. The second-order valence-corrected chi connectivity index (χ2v) is 6.88. The number of nitrogens with one attached hydrogen (secondary N) is 2. The van der Waals surface area contributed by atoms with Gasteiger partial charge in [0.2, 0.25) is 0 Å². The molecule has 2 N–H and O–H groups in total. The third-order valence-corrected chi connectivity index (χ3v) is 4.16. The SMILES string of the molecule is Cc1ccc(Nc2cc(C(=O)NCCN(C)C)nc(-c3ccccc3)n2)cc1. The zero-order valence-electron chi connectivity index (χ0n) is 16.4. The Kier molecular flexibility index (Phi) is 6.34. The van der Waals surface area contributed by atoms with E-state index < -0.39 is 0 Å². The lowest BCUT2D eigenvalue weighted by Gasteiger charge is -2.12. The van der Waals surface area contributed by atoms with Crippen LogP contribution in [0.4, 0.5) is 11.5 Å². The molecule has 2 aromatic carbocycles. The van der Waals surface area contributed by atoms with Gasteiger partial charge in [-0.3, -0.25) is 4.79 Å². The van der Waals surface area contributed by atoms with E-state index in [4.69, 9.17) is 0 Å². The predicted octanol–water partition coefficient (Wildman–Crippen LogP) is 3.49. The lowest BCUT2D eigenvalue weighted by atomic mass is 10.2. The molecule has 3 rings (SSSR count). The smallest absolute Gasteiger partial charge is 0.270 e. The van der Waals surface area contributed by atoms with Crippen LogP contribution in [0.2, 0.25) is 0 Å². The molecule has 6 heteroatoms. The van der Waals surface area contributed by atoms with Crippen molar-refractivity contribution in [3.8, 4) is 11.4 Å². The molecule has 0 spiro atoms. The third-order valence-electron chi connectivity index (χ3n) is 4.16. The van der Waals surface area contributed by atoms with Crippen LogP contribution < -0.4 is 10.6 Å². The summed E-state index contributed by atoms with van der Waals surface area (Å²) >= 11 is 0. The number of nitrogens with zero attached hydrogens (tertiary/aromatic N) is 3. The number of carbonyl (C=O) groups is 1. The highest BCUT2D eigenvalue weighted by atomic mass is 16.1. The maximum Gasteiger partial charge on any atom is 0.270 e. The van der Waals surface area contributed by atoms with Crippen molar-refractivity contribution >= 4 is 17.4 Å². The van der Waals surface area contributed by atoms with Gasteiger partial charge in [0.05, 0.1) is 0 Å². The van der Waals surface area contributed by atoms with Crippen molar-refractivity contribution in [1.29, 1.82) is 0 Å². The molecule has 0 aliphatic heterocycles. The number of anilines is 2. The Balaban J connectivity index is 1.89. The summed E-state index contributed by atoms with van der Waals surface area (Å²) in [7, 11) is 3.93. The van der Waals surface area contributed by atoms with Gasteiger partial charge in [0.25, 0.3) is 5.91 Å². The van der Waals surface area contributed by atoms with Crippen molar-refractivity contribution in [3.63, 3.8) is 0 Å². The van der Waals surface area contributed by atoms with Gasteiger partial charge in [-0.15, -0.1) is 0 Å². The average Bonchev–Trinajstić information content (AvgIpc) is 2.70. The molecule has 1 heterocycles. The Morgan fingerprint density at radius 3 is 2.39 bits per heavy atom. The third kappa shape index (κ3) is 5.37. The molecule has 0 radical (unpaired) electrons. The predicted molar refractivity (Wildman–Crippen MR) is 113 cm³/mol.